The summed E-state index contributed by atoms with van der Waals surface area (Å²) in [5.74, 6) is 0. The number of aryl methyl sites for hydroxylation is 2. The Balaban J connectivity index is 0.000000160. The zero-order valence-corrected chi connectivity index (χ0v) is 36.4. The first-order chi connectivity index (χ1) is 26.1. The van der Waals surface area contributed by atoms with Crippen LogP contribution in [-0.2, 0) is 26.2 Å². The summed E-state index contributed by atoms with van der Waals surface area (Å²) >= 11 is 0. The second-order valence-corrected chi connectivity index (χ2v) is 14.9. The molecule has 0 aliphatic heterocycles. The van der Waals surface area contributed by atoms with Crippen LogP contribution in [0.4, 0.5) is 0 Å². The van der Waals surface area contributed by atoms with E-state index in [0.717, 1.165) is 9.52 Å². The van der Waals surface area contributed by atoms with Crippen LogP contribution in [0.2, 0.25) is 0 Å². The Kier molecular flexibility index (Phi) is 15.0. The summed E-state index contributed by atoms with van der Waals surface area (Å²) < 4.78 is 0. The molecule has 0 saturated carbocycles. The van der Waals surface area contributed by atoms with E-state index < -0.39 is 0 Å². The summed E-state index contributed by atoms with van der Waals surface area (Å²) in [7, 11) is 0.777. The maximum Gasteiger partial charge on any atom is 4.00 e. The molecule has 0 amide bonds. The standard InChI is InChI=1S/2C20H15.C12H10Si.2ClH.Zr/c2*1-14-13-16-8-3-5-11-18(16)20(14)19-12-6-9-15-7-2-4-10-17(15)19;1-3-7-11(8-4-1)13-12-9-5-2-6-10-12;;;/h2*2-13H,1H3;1-10H;2*1H;/q2*-1;;;;+4/p-2. The summed E-state index contributed by atoms with van der Waals surface area (Å²) in [5, 5.41) is 13.4. The molecule has 10 aromatic carbocycles. The van der Waals surface area contributed by atoms with Crippen LogP contribution < -0.4 is 35.2 Å². The van der Waals surface area contributed by atoms with E-state index in [1.165, 1.54) is 86.8 Å². The van der Waals surface area contributed by atoms with Gasteiger partial charge in [0.25, 0.3) is 0 Å². The summed E-state index contributed by atoms with van der Waals surface area (Å²) in [6.45, 7) is 4.41. The van der Waals surface area contributed by atoms with Crippen molar-refractivity contribution in [2.45, 2.75) is 13.8 Å². The maximum absolute atomic E-state index is 2.28. The van der Waals surface area contributed by atoms with Gasteiger partial charge in [-0.3, -0.25) is 0 Å². The second kappa shape index (κ2) is 19.9. The van der Waals surface area contributed by atoms with E-state index in [-0.39, 0.29) is 51.0 Å². The molecule has 0 atom stereocenters. The van der Waals surface area contributed by atoms with Gasteiger partial charge in [0.15, 0.2) is 0 Å². The van der Waals surface area contributed by atoms with Gasteiger partial charge in [-0.05, 0) is 21.5 Å². The topological polar surface area (TPSA) is 0 Å². The van der Waals surface area contributed by atoms with Crippen molar-refractivity contribution < 1.29 is 51.0 Å². The molecular weight excluding hydrogens is 815 g/mol. The van der Waals surface area contributed by atoms with E-state index in [4.69, 9.17) is 0 Å². The van der Waals surface area contributed by atoms with Gasteiger partial charge in [-0.15, -0.1) is 92.3 Å². The molecule has 0 nitrogen and oxygen atoms in total. The molecular formula is C52H40Cl2SiZr. The van der Waals surface area contributed by atoms with Gasteiger partial charge in [-0.25, -0.2) is 0 Å². The monoisotopic (exact) mass is 852 g/mol. The van der Waals surface area contributed by atoms with Crippen LogP contribution in [0.15, 0.2) is 206 Å². The number of halogens is 2. The minimum Gasteiger partial charge on any atom is -1.00 e. The predicted octanol–water partition coefficient (Wildman–Crippen LogP) is 6.72. The normalized spacial score (nSPS) is 10.3. The predicted molar refractivity (Wildman–Crippen MR) is 232 cm³/mol. The number of hydrogen-bond acceptors (Lipinski definition) is 0. The molecule has 2 radical (unpaired) electrons. The zero-order valence-electron chi connectivity index (χ0n) is 31.4. The molecule has 0 N–H and O–H groups in total. The molecule has 0 aromatic heterocycles. The summed E-state index contributed by atoms with van der Waals surface area (Å²) in [6.07, 6.45) is 0. The van der Waals surface area contributed by atoms with Crippen LogP contribution in [0.1, 0.15) is 11.1 Å². The van der Waals surface area contributed by atoms with Crippen molar-refractivity contribution in [1.29, 1.82) is 0 Å². The molecule has 0 bridgehead atoms. The third kappa shape index (κ3) is 9.24. The Morgan fingerprint density at radius 2 is 0.661 bits per heavy atom. The molecule has 0 unspecified atom stereocenters. The molecule has 56 heavy (non-hydrogen) atoms. The van der Waals surface area contributed by atoms with E-state index in [1.807, 2.05) is 0 Å². The van der Waals surface area contributed by atoms with Crippen molar-refractivity contribution in [1.82, 2.24) is 0 Å². The van der Waals surface area contributed by atoms with Crippen LogP contribution in [0.5, 0.6) is 0 Å². The third-order valence-corrected chi connectivity index (χ3v) is 11.2. The number of fused-ring (bicyclic) bond motifs is 4. The second-order valence-electron chi connectivity index (χ2n) is 13.5. The molecule has 0 spiro atoms. The van der Waals surface area contributed by atoms with Gasteiger partial charge < -0.3 is 24.8 Å². The first-order valence-electron chi connectivity index (χ1n) is 18.3. The Labute approximate surface area is 364 Å². The number of rotatable bonds is 4. The minimum atomic E-state index is 0. The Bertz CT molecular complexity index is 2580. The zero-order chi connectivity index (χ0) is 36.0. The molecule has 0 fully saturated rings. The fourth-order valence-corrected chi connectivity index (χ4v) is 8.60. The van der Waals surface area contributed by atoms with Crippen molar-refractivity contribution in [3.63, 3.8) is 0 Å². The van der Waals surface area contributed by atoms with Gasteiger partial charge in [0.1, 0.15) is 9.52 Å². The molecule has 0 aliphatic carbocycles. The van der Waals surface area contributed by atoms with Crippen molar-refractivity contribution in [3.05, 3.63) is 217 Å². The van der Waals surface area contributed by atoms with E-state index in [0.29, 0.717) is 0 Å². The van der Waals surface area contributed by atoms with Crippen molar-refractivity contribution in [2.24, 2.45) is 0 Å². The average molecular weight is 855 g/mol. The third-order valence-electron chi connectivity index (χ3n) is 9.95. The molecule has 0 saturated heterocycles. The van der Waals surface area contributed by atoms with Crippen LogP contribution >= 0.6 is 0 Å². The molecule has 270 valence electrons. The van der Waals surface area contributed by atoms with E-state index >= 15 is 0 Å². The number of hydrogen-bond donors (Lipinski definition) is 0. The van der Waals surface area contributed by atoms with Crippen molar-refractivity contribution >= 4 is 63.0 Å². The van der Waals surface area contributed by atoms with Gasteiger partial charge in [-0.2, -0.15) is 0 Å². The first-order valence-corrected chi connectivity index (χ1v) is 19.3. The Hall–Kier alpha value is -4.82. The molecule has 10 aromatic rings. The average Bonchev–Trinajstić information content (AvgIpc) is 3.73. The maximum atomic E-state index is 2.28. The summed E-state index contributed by atoms with van der Waals surface area (Å²) in [5.41, 5.74) is 8.11. The van der Waals surface area contributed by atoms with Gasteiger partial charge in [0.2, 0.25) is 0 Å². The Morgan fingerprint density at radius 3 is 1.07 bits per heavy atom. The van der Waals surface area contributed by atoms with Gasteiger partial charge >= 0.3 is 26.2 Å². The fraction of sp³-hybridized carbons (Fsp3) is 0.0385. The fourth-order valence-electron chi connectivity index (χ4n) is 7.55. The first kappa shape index (κ1) is 42.3. The van der Waals surface area contributed by atoms with Gasteiger partial charge in [0, 0.05) is 0 Å². The van der Waals surface area contributed by atoms with Gasteiger partial charge in [0.05, 0.1) is 0 Å². The van der Waals surface area contributed by atoms with E-state index in [2.05, 4.69) is 220 Å². The minimum absolute atomic E-state index is 0. The van der Waals surface area contributed by atoms with Crippen LogP contribution in [0.25, 0.3) is 65.3 Å². The smallest absolute Gasteiger partial charge is 1.00 e. The van der Waals surface area contributed by atoms with Gasteiger partial charge in [-0.1, -0.05) is 193 Å². The van der Waals surface area contributed by atoms with Crippen molar-refractivity contribution in [3.8, 4) is 22.3 Å². The molecule has 10 rings (SSSR count). The number of benzene rings is 8. The molecule has 0 heterocycles. The van der Waals surface area contributed by atoms with E-state index in [9.17, 15) is 0 Å². The molecule has 0 aliphatic rings. The molecule has 4 heteroatoms. The summed E-state index contributed by atoms with van der Waals surface area (Å²) in [6, 6.07) is 73.4. The van der Waals surface area contributed by atoms with Crippen LogP contribution in [0.3, 0.4) is 0 Å². The SMILES string of the molecule is Cc1[cH-]c2ccccc2c1-c1cccc2ccccc12.Cc1[cH-]c2ccccc2c1-c1cccc2ccccc12.[Cl-].[Cl-].[Zr+4].c1ccc([Si]c2ccccc2)cc1. The van der Waals surface area contributed by atoms with Crippen molar-refractivity contribution in [2.75, 3.05) is 0 Å². The van der Waals surface area contributed by atoms with Crippen LogP contribution in [0, 0.1) is 13.8 Å². The quantitative estimate of drug-likeness (QED) is 0.136. The Morgan fingerprint density at radius 1 is 0.339 bits per heavy atom. The summed E-state index contributed by atoms with van der Waals surface area (Å²) in [4.78, 5) is 0. The van der Waals surface area contributed by atoms with E-state index in [1.54, 1.807) is 0 Å². The largest absolute Gasteiger partial charge is 4.00 e. The van der Waals surface area contributed by atoms with Crippen LogP contribution in [-0.4, -0.2) is 9.52 Å².